The number of β-lactam (4-membered cyclic amide) rings is 1. The molecular formula is C21H25ClFNO. The maximum Gasteiger partial charge on any atom is 0.231 e. The summed E-state index contributed by atoms with van der Waals surface area (Å²) in [4.78, 5) is 15.1. The maximum atomic E-state index is 14.8. The summed E-state index contributed by atoms with van der Waals surface area (Å²) in [6, 6.07) is 5.30. The molecule has 1 aliphatic heterocycles. The van der Waals surface area contributed by atoms with Crippen molar-refractivity contribution < 1.29 is 9.18 Å². The second-order valence-electron chi connectivity index (χ2n) is 9.40. The van der Waals surface area contributed by atoms with Crippen molar-refractivity contribution >= 4 is 17.5 Å². The molecule has 134 valence electrons. The summed E-state index contributed by atoms with van der Waals surface area (Å²) >= 11 is 6.04. The summed E-state index contributed by atoms with van der Waals surface area (Å²) < 4.78 is 14.8. The monoisotopic (exact) mass is 361 g/mol. The largest absolute Gasteiger partial charge is 0.330 e. The third-order valence-corrected chi connectivity index (χ3v) is 7.81. The van der Waals surface area contributed by atoms with Gasteiger partial charge in [0.05, 0.1) is 16.5 Å². The van der Waals surface area contributed by atoms with Gasteiger partial charge < -0.3 is 4.90 Å². The van der Waals surface area contributed by atoms with Crippen molar-refractivity contribution in [3.05, 3.63) is 34.6 Å². The molecule has 1 atom stereocenters. The fourth-order valence-electron chi connectivity index (χ4n) is 6.78. The molecular weight excluding hydrogens is 337 g/mol. The molecule has 5 fully saturated rings. The van der Waals surface area contributed by atoms with Gasteiger partial charge in [0.2, 0.25) is 5.91 Å². The van der Waals surface area contributed by atoms with E-state index in [1.807, 2.05) is 19.9 Å². The molecule has 0 radical (unpaired) electrons. The number of benzene rings is 1. The quantitative estimate of drug-likeness (QED) is 0.662. The van der Waals surface area contributed by atoms with E-state index in [4.69, 9.17) is 11.6 Å². The van der Waals surface area contributed by atoms with Crippen LogP contribution in [0, 0.1) is 34.9 Å². The summed E-state index contributed by atoms with van der Waals surface area (Å²) in [7, 11) is 0. The van der Waals surface area contributed by atoms with Gasteiger partial charge in [-0.15, -0.1) is 0 Å². The van der Waals surface area contributed by atoms with Crippen LogP contribution in [0.1, 0.15) is 57.6 Å². The Bertz CT molecular complexity index is 717. The van der Waals surface area contributed by atoms with Gasteiger partial charge in [0.1, 0.15) is 5.82 Å². The summed E-state index contributed by atoms with van der Waals surface area (Å²) in [6.45, 7) is 3.90. The predicted octanol–water partition coefficient (Wildman–Crippen LogP) is 5.21. The minimum atomic E-state index is -0.555. The van der Waals surface area contributed by atoms with Crippen molar-refractivity contribution in [3.63, 3.8) is 0 Å². The Hall–Kier alpha value is -1.09. The molecule has 0 unspecified atom stereocenters. The molecule has 2 nitrogen and oxygen atoms in total. The predicted molar refractivity (Wildman–Crippen MR) is 95.6 cm³/mol. The fraction of sp³-hybridized carbons (Fsp3) is 0.667. The van der Waals surface area contributed by atoms with Gasteiger partial charge in [0, 0.05) is 11.6 Å². The molecule has 0 N–H and O–H groups in total. The molecule has 1 amide bonds. The first kappa shape index (κ1) is 16.1. The van der Waals surface area contributed by atoms with Crippen molar-refractivity contribution in [2.45, 2.75) is 58.0 Å². The van der Waals surface area contributed by atoms with Crippen LogP contribution in [0.15, 0.2) is 18.2 Å². The van der Waals surface area contributed by atoms with Gasteiger partial charge in [-0.05, 0) is 75.7 Å². The molecule has 4 bridgehead atoms. The van der Waals surface area contributed by atoms with E-state index in [2.05, 4.69) is 4.90 Å². The molecule has 4 aliphatic carbocycles. The van der Waals surface area contributed by atoms with Gasteiger partial charge in [0.25, 0.3) is 0 Å². The smallest absolute Gasteiger partial charge is 0.231 e. The second kappa shape index (κ2) is 5.22. The molecule has 25 heavy (non-hydrogen) atoms. The van der Waals surface area contributed by atoms with E-state index in [1.54, 1.807) is 12.1 Å². The van der Waals surface area contributed by atoms with Crippen LogP contribution in [0.5, 0.6) is 0 Å². The van der Waals surface area contributed by atoms with Gasteiger partial charge in [0.15, 0.2) is 0 Å². The van der Waals surface area contributed by atoms with Gasteiger partial charge >= 0.3 is 0 Å². The number of rotatable bonds is 2. The molecule has 1 aromatic carbocycles. The molecule has 4 saturated carbocycles. The van der Waals surface area contributed by atoms with Crippen LogP contribution >= 0.6 is 11.6 Å². The Balaban J connectivity index is 1.54. The van der Waals surface area contributed by atoms with E-state index in [0.717, 1.165) is 11.8 Å². The number of halogens is 2. The van der Waals surface area contributed by atoms with Crippen LogP contribution in [0.25, 0.3) is 0 Å². The lowest BCUT2D eigenvalue weighted by Crippen LogP contribution is -2.69. The Morgan fingerprint density at radius 3 is 2.28 bits per heavy atom. The van der Waals surface area contributed by atoms with E-state index in [9.17, 15) is 9.18 Å². The Kier molecular flexibility index (Phi) is 3.36. The number of hydrogen-bond donors (Lipinski definition) is 0. The van der Waals surface area contributed by atoms with Crippen molar-refractivity contribution in [1.82, 2.24) is 4.90 Å². The summed E-state index contributed by atoms with van der Waals surface area (Å²) in [6.07, 6.45) is 6.42. The molecule has 1 aromatic rings. The number of carbonyl (C=O) groups is 1. The van der Waals surface area contributed by atoms with Crippen molar-refractivity contribution in [2.24, 2.45) is 29.1 Å². The highest BCUT2D eigenvalue weighted by Gasteiger charge is 2.62. The normalized spacial score (nSPS) is 41.1. The van der Waals surface area contributed by atoms with Crippen molar-refractivity contribution in [3.8, 4) is 0 Å². The summed E-state index contributed by atoms with van der Waals surface area (Å²) in [5.41, 5.74) is 0.0334. The average Bonchev–Trinajstić information content (AvgIpc) is 2.56. The van der Waals surface area contributed by atoms with Crippen LogP contribution in [0.2, 0.25) is 5.02 Å². The average molecular weight is 362 g/mol. The number of likely N-dealkylation sites (tertiary alicyclic amines) is 1. The molecule has 5 aliphatic rings. The van der Waals surface area contributed by atoms with Crippen molar-refractivity contribution in [2.75, 3.05) is 0 Å². The standard InChI is InChI=1S/C21H25ClFNO/c1-21(2)19(15-4-3-5-16(22)17(15)23)24(20(21)25)18-13-7-11-6-12(9-13)10-14(18)8-11/h3-5,11-14,18-19H,6-10H2,1-2H3/t11?,12?,13?,14?,18?,19-/m1/s1. The molecule has 1 heterocycles. The minimum Gasteiger partial charge on any atom is -0.330 e. The highest BCUT2D eigenvalue weighted by Crippen LogP contribution is 2.61. The zero-order valence-electron chi connectivity index (χ0n) is 14.8. The van der Waals surface area contributed by atoms with E-state index < -0.39 is 5.41 Å². The molecule has 0 aromatic heterocycles. The Labute approximate surface area is 153 Å². The number of hydrogen-bond acceptors (Lipinski definition) is 1. The lowest BCUT2D eigenvalue weighted by molar-refractivity contribution is -0.192. The Morgan fingerprint density at radius 1 is 1.08 bits per heavy atom. The van der Waals surface area contributed by atoms with E-state index >= 15 is 0 Å². The van der Waals surface area contributed by atoms with Gasteiger partial charge in [-0.25, -0.2) is 4.39 Å². The van der Waals surface area contributed by atoms with Crippen LogP contribution in [-0.2, 0) is 4.79 Å². The molecule has 6 rings (SSSR count). The van der Waals surface area contributed by atoms with Gasteiger partial charge in [-0.3, -0.25) is 4.79 Å². The number of nitrogens with zero attached hydrogens (tertiary/aromatic N) is 1. The molecule has 1 saturated heterocycles. The number of carbonyl (C=O) groups excluding carboxylic acids is 1. The third kappa shape index (κ3) is 2.11. The number of amides is 1. The van der Waals surface area contributed by atoms with E-state index in [-0.39, 0.29) is 22.8 Å². The first-order valence-electron chi connectivity index (χ1n) is 9.64. The highest BCUT2D eigenvalue weighted by atomic mass is 35.5. The van der Waals surface area contributed by atoms with Gasteiger partial charge in [-0.1, -0.05) is 23.7 Å². The zero-order chi connectivity index (χ0) is 17.5. The van der Waals surface area contributed by atoms with Crippen molar-refractivity contribution in [1.29, 1.82) is 0 Å². The third-order valence-electron chi connectivity index (χ3n) is 7.52. The first-order chi connectivity index (χ1) is 11.9. The maximum absolute atomic E-state index is 14.8. The van der Waals surface area contributed by atoms with Crippen LogP contribution in [0.3, 0.4) is 0 Å². The molecule has 0 spiro atoms. The summed E-state index contributed by atoms with van der Waals surface area (Å²) in [5, 5.41) is 0.151. The zero-order valence-corrected chi connectivity index (χ0v) is 15.6. The van der Waals surface area contributed by atoms with Crippen LogP contribution in [-0.4, -0.2) is 16.8 Å². The highest BCUT2D eigenvalue weighted by molar-refractivity contribution is 6.30. The molecule has 4 heteroatoms. The minimum absolute atomic E-state index is 0.151. The first-order valence-corrected chi connectivity index (χ1v) is 10.0. The van der Waals surface area contributed by atoms with Crippen LogP contribution in [0.4, 0.5) is 4.39 Å². The topological polar surface area (TPSA) is 20.3 Å². The lowest BCUT2D eigenvalue weighted by atomic mass is 9.52. The Morgan fingerprint density at radius 2 is 1.68 bits per heavy atom. The van der Waals surface area contributed by atoms with E-state index in [0.29, 0.717) is 23.4 Å². The SMILES string of the molecule is CC1(C)C(=O)N(C2C3CC4CC(C3)CC2C4)[C@@H]1c1cccc(Cl)c1F. The second-order valence-corrected chi connectivity index (χ2v) is 9.81. The fourth-order valence-corrected chi connectivity index (χ4v) is 6.96. The van der Waals surface area contributed by atoms with E-state index in [1.165, 1.54) is 32.1 Å². The summed E-state index contributed by atoms with van der Waals surface area (Å²) in [5.74, 6) is 2.79. The lowest BCUT2D eigenvalue weighted by Gasteiger charge is -2.64. The van der Waals surface area contributed by atoms with Crippen LogP contribution < -0.4 is 0 Å². The van der Waals surface area contributed by atoms with Gasteiger partial charge in [-0.2, -0.15) is 0 Å².